The highest BCUT2D eigenvalue weighted by molar-refractivity contribution is 5.65. The smallest absolute Gasteiger partial charge is 0.302 e. The molecule has 0 spiro atoms. The number of benzene rings is 2. The number of aliphatic hydroxyl groups excluding tert-OH is 1. The summed E-state index contributed by atoms with van der Waals surface area (Å²) in [5, 5.41) is 10.3. The lowest BCUT2D eigenvalue weighted by molar-refractivity contribution is -0.273. The molecule has 3 rings (SSSR count). The highest BCUT2D eigenvalue weighted by Gasteiger charge is 2.39. The van der Waals surface area contributed by atoms with Crippen molar-refractivity contribution in [2.45, 2.75) is 51.2 Å². The van der Waals surface area contributed by atoms with E-state index in [0.717, 1.165) is 11.1 Å². The lowest BCUT2D eigenvalue weighted by Gasteiger charge is -2.38. The van der Waals surface area contributed by atoms with E-state index < -0.39 is 24.5 Å². The molecule has 2 aromatic rings. The van der Waals surface area contributed by atoms with Gasteiger partial charge in [-0.25, -0.2) is 0 Å². The van der Waals surface area contributed by atoms with E-state index in [9.17, 15) is 9.90 Å². The summed E-state index contributed by atoms with van der Waals surface area (Å²) in [4.78, 5) is 11.2. The molecular formula is C22H26O6. The number of aliphatic hydroxyl groups is 1. The van der Waals surface area contributed by atoms with Crippen LogP contribution in [-0.2, 0) is 37.0 Å². The molecule has 150 valence electrons. The summed E-state index contributed by atoms with van der Waals surface area (Å²) >= 11 is 0. The Morgan fingerprint density at radius 2 is 1.50 bits per heavy atom. The van der Waals surface area contributed by atoms with Gasteiger partial charge in [-0.05, 0) is 11.1 Å². The molecule has 0 amide bonds. The van der Waals surface area contributed by atoms with Crippen LogP contribution in [0.1, 0.15) is 24.5 Å². The molecule has 1 aliphatic rings. The summed E-state index contributed by atoms with van der Waals surface area (Å²) in [6.07, 6.45) is -2.13. The third-order valence-electron chi connectivity index (χ3n) is 4.58. The first-order valence-corrected chi connectivity index (χ1v) is 9.40. The van der Waals surface area contributed by atoms with Gasteiger partial charge in [0.1, 0.15) is 18.8 Å². The Balaban J connectivity index is 1.61. The van der Waals surface area contributed by atoms with Gasteiger partial charge in [0.2, 0.25) is 0 Å². The maximum atomic E-state index is 11.2. The summed E-state index contributed by atoms with van der Waals surface area (Å²) < 4.78 is 22.7. The molecule has 1 heterocycles. The fourth-order valence-electron chi connectivity index (χ4n) is 3.08. The number of hydrogen-bond acceptors (Lipinski definition) is 6. The van der Waals surface area contributed by atoms with Crippen molar-refractivity contribution in [2.24, 2.45) is 0 Å². The Hall–Kier alpha value is -2.25. The van der Waals surface area contributed by atoms with E-state index in [1.807, 2.05) is 60.7 Å². The number of hydrogen-bond donors (Lipinski definition) is 1. The monoisotopic (exact) mass is 386 g/mol. The number of ether oxygens (including phenoxy) is 4. The summed E-state index contributed by atoms with van der Waals surface area (Å²) in [6, 6.07) is 19.5. The van der Waals surface area contributed by atoms with Crippen molar-refractivity contribution in [3.63, 3.8) is 0 Å². The molecule has 1 fully saturated rings. The fourth-order valence-corrected chi connectivity index (χ4v) is 3.08. The maximum absolute atomic E-state index is 11.2. The summed E-state index contributed by atoms with van der Waals surface area (Å²) in [5.74, 6) is -0.401. The highest BCUT2D eigenvalue weighted by atomic mass is 16.7. The molecule has 0 bridgehead atoms. The van der Waals surface area contributed by atoms with Gasteiger partial charge < -0.3 is 24.1 Å². The van der Waals surface area contributed by atoms with Crippen LogP contribution >= 0.6 is 0 Å². The van der Waals surface area contributed by atoms with E-state index >= 15 is 0 Å². The van der Waals surface area contributed by atoms with E-state index in [4.69, 9.17) is 18.9 Å². The van der Waals surface area contributed by atoms with Gasteiger partial charge in [0.15, 0.2) is 6.29 Å². The Morgan fingerprint density at radius 1 is 0.964 bits per heavy atom. The molecule has 1 saturated heterocycles. The third kappa shape index (κ3) is 6.14. The van der Waals surface area contributed by atoms with E-state index in [0.29, 0.717) is 19.6 Å². The van der Waals surface area contributed by atoms with E-state index in [-0.39, 0.29) is 12.7 Å². The molecule has 2 aromatic carbocycles. The van der Waals surface area contributed by atoms with Crippen molar-refractivity contribution in [3.8, 4) is 0 Å². The zero-order valence-electron chi connectivity index (χ0n) is 15.9. The molecule has 0 aliphatic carbocycles. The van der Waals surface area contributed by atoms with Gasteiger partial charge in [0, 0.05) is 13.3 Å². The Bertz CT molecular complexity index is 720. The Morgan fingerprint density at radius 3 is 2.04 bits per heavy atom. The molecule has 1 aliphatic heterocycles. The van der Waals surface area contributed by atoms with Gasteiger partial charge in [-0.2, -0.15) is 0 Å². The molecule has 0 saturated carbocycles. The van der Waals surface area contributed by atoms with Crippen LogP contribution in [0.25, 0.3) is 0 Å². The molecular weight excluding hydrogens is 360 g/mol. The molecule has 0 unspecified atom stereocenters. The largest absolute Gasteiger partial charge is 0.463 e. The molecule has 6 nitrogen and oxygen atoms in total. The Labute approximate surface area is 165 Å². The van der Waals surface area contributed by atoms with Gasteiger partial charge in [-0.15, -0.1) is 0 Å². The second-order valence-electron chi connectivity index (χ2n) is 6.77. The molecule has 0 aromatic heterocycles. The van der Waals surface area contributed by atoms with Gasteiger partial charge >= 0.3 is 5.97 Å². The summed E-state index contributed by atoms with van der Waals surface area (Å²) in [5.41, 5.74) is 2.04. The average Bonchev–Trinajstić information content (AvgIpc) is 2.72. The lowest BCUT2D eigenvalue weighted by Crippen LogP contribution is -2.51. The quantitative estimate of drug-likeness (QED) is 0.704. The zero-order chi connectivity index (χ0) is 19.8. The highest BCUT2D eigenvalue weighted by Crippen LogP contribution is 2.26. The first-order valence-electron chi connectivity index (χ1n) is 9.40. The van der Waals surface area contributed by atoms with Crippen LogP contribution in [-0.4, -0.2) is 42.3 Å². The van der Waals surface area contributed by atoms with Crippen LogP contribution in [0.4, 0.5) is 0 Å². The van der Waals surface area contributed by atoms with Crippen molar-refractivity contribution < 1.29 is 28.8 Å². The minimum Gasteiger partial charge on any atom is -0.463 e. The van der Waals surface area contributed by atoms with Crippen LogP contribution in [0.3, 0.4) is 0 Å². The van der Waals surface area contributed by atoms with Crippen LogP contribution in [0.2, 0.25) is 0 Å². The molecule has 28 heavy (non-hydrogen) atoms. The van der Waals surface area contributed by atoms with E-state index in [2.05, 4.69) is 0 Å². The number of esters is 1. The van der Waals surface area contributed by atoms with Gasteiger partial charge in [-0.3, -0.25) is 4.79 Å². The van der Waals surface area contributed by atoms with Crippen LogP contribution in [0.5, 0.6) is 0 Å². The number of rotatable bonds is 8. The van der Waals surface area contributed by atoms with Gasteiger partial charge in [-0.1, -0.05) is 60.7 Å². The first kappa shape index (κ1) is 20.5. The topological polar surface area (TPSA) is 74.2 Å². The van der Waals surface area contributed by atoms with Gasteiger partial charge in [0.05, 0.1) is 19.3 Å². The normalized spacial score (nSPS) is 24.6. The predicted octanol–water partition coefficient (Wildman–Crippen LogP) is 2.83. The number of carbonyl (C=O) groups excluding carboxylic acids is 1. The minimum absolute atomic E-state index is 0.0251. The fraction of sp³-hybridized carbons (Fsp3) is 0.409. The predicted molar refractivity (Wildman–Crippen MR) is 102 cm³/mol. The molecule has 6 heteroatoms. The first-order chi connectivity index (χ1) is 13.6. The van der Waals surface area contributed by atoms with Crippen molar-refractivity contribution in [1.82, 2.24) is 0 Å². The van der Waals surface area contributed by atoms with E-state index in [1.165, 1.54) is 6.92 Å². The molecule has 1 N–H and O–H groups in total. The third-order valence-corrected chi connectivity index (χ3v) is 4.58. The second kappa shape index (κ2) is 10.3. The maximum Gasteiger partial charge on any atom is 0.302 e. The van der Waals surface area contributed by atoms with Crippen LogP contribution in [0, 0.1) is 0 Å². The summed E-state index contributed by atoms with van der Waals surface area (Å²) in [6.45, 7) is 2.13. The van der Waals surface area contributed by atoms with Crippen LogP contribution in [0.15, 0.2) is 60.7 Å². The minimum atomic E-state index is -1.11. The van der Waals surface area contributed by atoms with Crippen molar-refractivity contribution >= 4 is 5.97 Å². The SMILES string of the molecule is CC(=O)OC[C@H]1O[C@H](O)[C@H](OCc2ccccc2)C[C@@H]1OCc1ccccc1. The average molecular weight is 386 g/mol. The van der Waals surface area contributed by atoms with Crippen molar-refractivity contribution in [3.05, 3.63) is 71.8 Å². The molecule has 4 atom stereocenters. The number of carbonyl (C=O) groups is 1. The second-order valence-corrected chi connectivity index (χ2v) is 6.77. The zero-order valence-corrected chi connectivity index (χ0v) is 15.9. The van der Waals surface area contributed by atoms with Crippen LogP contribution < -0.4 is 0 Å². The van der Waals surface area contributed by atoms with Crippen molar-refractivity contribution in [1.29, 1.82) is 0 Å². The van der Waals surface area contributed by atoms with Crippen molar-refractivity contribution in [2.75, 3.05) is 6.61 Å². The lowest BCUT2D eigenvalue weighted by atomic mass is 10.0. The Kier molecular flexibility index (Phi) is 7.56. The molecule has 0 radical (unpaired) electrons. The van der Waals surface area contributed by atoms with E-state index in [1.54, 1.807) is 0 Å². The standard InChI is InChI=1S/C22H26O6/c1-16(23)25-15-21-19(26-13-17-8-4-2-5-9-17)12-20(22(24)28-21)27-14-18-10-6-3-7-11-18/h2-11,19-22,24H,12-15H2,1H3/t19-,20+,21+,22-/m0/s1. The van der Waals surface area contributed by atoms with Gasteiger partial charge in [0.25, 0.3) is 0 Å². The summed E-state index contributed by atoms with van der Waals surface area (Å²) in [7, 11) is 0.